The fourth-order valence-electron chi connectivity index (χ4n) is 4.65. The maximum absolute atomic E-state index is 13.1. The van der Waals surface area contributed by atoms with Gasteiger partial charge in [-0.15, -0.1) is 0 Å². The van der Waals surface area contributed by atoms with Crippen molar-refractivity contribution in [2.45, 2.75) is 70.4 Å². The van der Waals surface area contributed by atoms with Gasteiger partial charge in [0.2, 0.25) is 0 Å². The lowest BCUT2D eigenvalue weighted by Gasteiger charge is -2.50. The topological polar surface area (TPSA) is 27.3 Å². The van der Waals surface area contributed by atoms with E-state index in [1.54, 1.807) is 0 Å². The molecule has 0 bridgehead atoms. The lowest BCUT2D eigenvalue weighted by atomic mass is 9.79. The van der Waals surface area contributed by atoms with E-state index < -0.39 is 11.7 Å². The van der Waals surface area contributed by atoms with Crippen LogP contribution in [0.1, 0.15) is 51.7 Å². The maximum Gasteiger partial charge on any atom is 0.417 e. The summed E-state index contributed by atoms with van der Waals surface area (Å²) in [6, 6.07) is 13.8. The van der Waals surface area contributed by atoms with Crippen LogP contribution >= 0.6 is 23.8 Å². The van der Waals surface area contributed by atoms with Gasteiger partial charge in [-0.05, 0) is 76.5 Å². The summed E-state index contributed by atoms with van der Waals surface area (Å²) >= 11 is 11.7. The Morgan fingerprint density at radius 1 is 1.09 bits per heavy atom. The Hall–Kier alpha value is -1.83. The van der Waals surface area contributed by atoms with E-state index in [0.717, 1.165) is 24.5 Å². The van der Waals surface area contributed by atoms with Crippen LogP contribution in [0.15, 0.2) is 48.5 Å². The van der Waals surface area contributed by atoms with Gasteiger partial charge in [-0.2, -0.15) is 13.2 Å². The third-order valence-corrected chi connectivity index (χ3v) is 6.24. The van der Waals surface area contributed by atoms with Gasteiger partial charge >= 0.3 is 6.18 Å². The van der Waals surface area contributed by atoms with Crippen molar-refractivity contribution in [3.8, 4) is 0 Å². The normalized spacial score (nSPS) is 18.2. The minimum absolute atomic E-state index is 0.0887. The van der Waals surface area contributed by atoms with Gasteiger partial charge in [-0.1, -0.05) is 41.9 Å². The Bertz CT molecular complexity index is 945. The molecule has 8 heteroatoms. The summed E-state index contributed by atoms with van der Waals surface area (Å²) in [4.78, 5) is 2.14. The van der Waals surface area contributed by atoms with E-state index in [1.165, 1.54) is 12.1 Å². The molecule has 3 rings (SSSR count). The molecule has 32 heavy (non-hydrogen) atoms. The number of rotatable bonds is 4. The van der Waals surface area contributed by atoms with E-state index in [0.29, 0.717) is 17.3 Å². The van der Waals surface area contributed by atoms with E-state index in [2.05, 4.69) is 43.2 Å². The Kier molecular flexibility index (Phi) is 7.13. The van der Waals surface area contributed by atoms with Crippen molar-refractivity contribution < 1.29 is 13.2 Å². The molecule has 0 aliphatic carbocycles. The van der Waals surface area contributed by atoms with Gasteiger partial charge in [0.1, 0.15) is 0 Å². The first-order valence-corrected chi connectivity index (χ1v) is 11.3. The summed E-state index contributed by atoms with van der Waals surface area (Å²) in [6.07, 6.45) is -2.75. The standard InChI is InChI=1S/C24H29ClF3N3S/c1-22(2)13-18(14-23(3,4)30-22)31(15-16-8-6-5-7-9-16)21(32)29-17-10-11-19(20(25)12-17)24(26,27)28/h5-12,18,30H,13-15H2,1-4H3,(H,29,32). The van der Waals surface area contributed by atoms with Gasteiger partial charge in [0.15, 0.2) is 5.11 Å². The summed E-state index contributed by atoms with van der Waals surface area (Å²) in [5, 5.41) is 6.91. The summed E-state index contributed by atoms with van der Waals surface area (Å²) in [5.41, 5.74) is 0.497. The number of thiocarbonyl (C=S) groups is 1. The number of halogens is 4. The number of hydrogen-bond acceptors (Lipinski definition) is 2. The molecule has 0 radical (unpaired) electrons. The molecule has 1 aliphatic heterocycles. The Morgan fingerprint density at radius 2 is 1.69 bits per heavy atom. The zero-order valence-electron chi connectivity index (χ0n) is 18.7. The Morgan fingerprint density at radius 3 is 2.22 bits per heavy atom. The fraction of sp³-hybridized carbons (Fsp3) is 0.458. The first-order valence-electron chi connectivity index (χ1n) is 10.5. The van der Waals surface area contributed by atoms with Crippen LogP contribution in [0.4, 0.5) is 18.9 Å². The molecule has 0 unspecified atom stereocenters. The zero-order valence-corrected chi connectivity index (χ0v) is 20.3. The number of hydrogen-bond donors (Lipinski definition) is 2. The molecule has 1 heterocycles. The molecule has 1 fully saturated rings. The van der Waals surface area contributed by atoms with Gasteiger partial charge in [0.05, 0.1) is 10.6 Å². The van der Waals surface area contributed by atoms with Crippen molar-refractivity contribution in [2.24, 2.45) is 0 Å². The second kappa shape index (κ2) is 9.20. The van der Waals surface area contributed by atoms with Crippen molar-refractivity contribution in [1.82, 2.24) is 10.2 Å². The van der Waals surface area contributed by atoms with Gasteiger partial charge < -0.3 is 15.5 Å². The molecule has 1 saturated heterocycles. The number of nitrogens with one attached hydrogen (secondary N) is 2. The van der Waals surface area contributed by atoms with Crippen molar-refractivity contribution >= 4 is 34.6 Å². The minimum atomic E-state index is -4.50. The molecule has 0 spiro atoms. The molecule has 0 aromatic heterocycles. The van der Waals surface area contributed by atoms with Crippen LogP contribution in [0.25, 0.3) is 0 Å². The third kappa shape index (κ3) is 6.36. The van der Waals surface area contributed by atoms with Crippen molar-refractivity contribution in [1.29, 1.82) is 0 Å². The first kappa shape index (κ1) is 24.8. The lowest BCUT2D eigenvalue weighted by molar-refractivity contribution is -0.137. The molecule has 174 valence electrons. The quantitative estimate of drug-likeness (QED) is 0.464. The molecule has 2 aromatic rings. The fourth-order valence-corrected chi connectivity index (χ4v) is 5.27. The van der Waals surface area contributed by atoms with Crippen molar-refractivity contribution in [3.63, 3.8) is 0 Å². The summed E-state index contributed by atoms with van der Waals surface area (Å²) in [7, 11) is 0. The highest BCUT2D eigenvalue weighted by Crippen LogP contribution is 2.36. The maximum atomic E-state index is 13.1. The van der Waals surface area contributed by atoms with E-state index in [-0.39, 0.29) is 22.1 Å². The molecule has 0 amide bonds. The summed E-state index contributed by atoms with van der Waals surface area (Å²) in [5.74, 6) is 0. The van der Waals surface area contributed by atoms with Gasteiger partial charge in [0.25, 0.3) is 0 Å². The highest BCUT2D eigenvalue weighted by atomic mass is 35.5. The average molecular weight is 484 g/mol. The van der Waals surface area contributed by atoms with Gasteiger partial charge in [-0.25, -0.2) is 0 Å². The van der Waals surface area contributed by atoms with Crippen molar-refractivity contribution in [3.05, 3.63) is 64.7 Å². The number of benzene rings is 2. The monoisotopic (exact) mass is 483 g/mol. The molecular weight excluding hydrogens is 455 g/mol. The minimum Gasteiger partial charge on any atom is -0.342 e. The van der Waals surface area contributed by atoms with Crippen LogP contribution in [0.5, 0.6) is 0 Å². The largest absolute Gasteiger partial charge is 0.417 e. The summed E-state index contributed by atoms with van der Waals surface area (Å²) in [6.45, 7) is 9.29. The second-order valence-electron chi connectivity index (χ2n) is 9.69. The van der Waals surface area contributed by atoms with E-state index in [1.807, 2.05) is 30.3 Å². The van der Waals surface area contributed by atoms with Crippen LogP contribution in [0.3, 0.4) is 0 Å². The molecule has 0 saturated carbocycles. The predicted molar refractivity (Wildman–Crippen MR) is 129 cm³/mol. The number of anilines is 1. The Labute approximate surface area is 198 Å². The smallest absolute Gasteiger partial charge is 0.342 e. The molecular formula is C24H29ClF3N3S. The van der Waals surface area contributed by atoms with Gasteiger partial charge in [0, 0.05) is 29.4 Å². The van der Waals surface area contributed by atoms with Crippen LogP contribution in [-0.4, -0.2) is 27.1 Å². The van der Waals surface area contributed by atoms with Crippen LogP contribution in [-0.2, 0) is 12.7 Å². The molecule has 0 atom stereocenters. The highest BCUT2D eigenvalue weighted by Gasteiger charge is 2.40. The summed E-state index contributed by atoms with van der Waals surface area (Å²) < 4.78 is 39.2. The second-order valence-corrected chi connectivity index (χ2v) is 10.5. The van der Waals surface area contributed by atoms with Crippen molar-refractivity contribution in [2.75, 3.05) is 5.32 Å². The lowest BCUT2D eigenvalue weighted by Crippen LogP contribution is -2.63. The van der Waals surface area contributed by atoms with Crippen LogP contribution in [0.2, 0.25) is 5.02 Å². The van der Waals surface area contributed by atoms with Crippen LogP contribution < -0.4 is 10.6 Å². The SMILES string of the molecule is CC1(C)CC(N(Cc2ccccc2)C(=S)Nc2ccc(C(F)(F)F)c(Cl)c2)CC(C)(C)N1. The zero-order chi connectivity index (χ0) is 23.7. The van der Waals surface area contributed by atoms with E-state index in [9.17, 15) is 13.2 Å². The number of piperidine rings is 1. The molecule has 2 N–H and O–H groups in total. The third-order valence-electron chi connectivity index (χ3n) is 5.59. The number of nitrogens with zero attached hydrogens (tertiary/aromatic N) is 1. The predicted octanol–water partition coefficient (Wildman–Crippen LogP) is 6.87. The first-order chi connectivity index (χ1) is 14.8. The van der Waals surface area contributed by atoms with E-state index in [4.69, 9.17) is 23.8 Å². The molecule has 2 aromatic carbocycles. The molecule has 3 nitrogen and oxygen atoms in total. The van der Waals surface area contributed by atoms with Crippen LogP contribution in [0, 0.1) is 0 Å². The highest BCUT2D eigenvalue weighted by molar-refractivity contribution is 7.80. The average Bonchev–Trinajstić information content (AvgIpc) is 2.63. The van der Waals surface area contributed by atoms with E-state index >= 15 is 0 Å². The Balaban J connectivity index is 1.88. The van der Waals surface area contributed by atoms with Gasteiger partial charge in [-0.3, -0.25) is 0 Å². The molecule has 1 aliphatic rings. The number of alkyl halides is 3.